The number of hydrogen-bond donors (Lipinski definition) is 1. The predicted molar refractivity (Wildman–Crippen MR) is 61.7 cm³/mol. The molecule has 3 heteroatoms. The van der Waals surface area contributed by atoms with E-state index in [9.17, 15) is 5.11 Å². The SMILES string of the molecule is Oc1cccc2c1CC(N1CCOCC1)C2. The summed E-state index contributed by atoms with van der Waals surface area (Å²) in [6, 6.07) is 6.43. The van der Waals surface area contributed by atoms with Crippen molar-refractivity contribution in [3.05, 3.63) is 29.3 Å². The molecule has 16 heavy (non-hydrogen) atoms. The van der Waals surface area contributed by atoms with Gasteiger partial charge in [-0.15, -0.1) is 0 Å². The molecule has 1 aromatic rings. The molecule has 0 aromatic heterocycles. The number of ether oxygens (including phenoxy) is 1. The Morgan fingerprint density at radius 2 is 2.00 bits per heavy atom. The summed E-state index contributed by atoms with van der Waals surface area (Å²) in [7, 11) is 0. The average molecular weight is 219 g/mol. The largest absolute Gasteiger partial charge is 0.508 e. The van der Waals surface area contributed by atoms with Gasteiger partial charge in [0.1, 0.15) is 5.75 Å². The lowest BCUT2D eigenvalue weighted by molar-refractivity contribution is 0.0186. The summed E-state index contributed by atoms with van der Waals surface area (Å²) in [5.41, 5.74) is 2.47. The van der Waals surface area contributed by atoms with Crippen LogP contribution in [0.5, 0.6) is 5.75 Å². The molecule has 1 aliphatic carbocycles. The van der Waals surface area contributed by atoms with Gasteiger partial charge in [0.15, 0.2) is 0 Å². The van der Waals surface area contributed by atoms with Crippen LogP contribution in [0.25, 0.3) is 0 Å². The first-order valence-corrected chi connectivity index (χ1v) is 5.96. The van der Waals surface area contributed by atoms with E-state index >= 15 is 0 Å². The molecule has 1 fully saturated rings. The third-order valence-corrected chi connectivity index (χ3v) is 3.71. The van der Waals surface area contributed by atoms with E-state index in [-0.39, 0.29) is 0 Å². The van der Waals surface area contributed by atoms with Gasteiger partial charge in [-0.25, -0.2) is 0 Å². The standard InChI is InChI=1S/C13H17NO2/c15-13-3-1-2-10-8-11(9-12(10)13)14-4-6-16-7-5-14/h1-3,11,15H,4-9H2. The molecule has 0 spiro atoms. The van der Waals surface area contributed by atoms with Crippen molar-refractivity contribution in [2.75, 3.05) is 26.3 Å². The zero-order valence-electron chi connectivity index (χ0n) is 9.35. The molecule has 2 aliphatic rings. The zero-order chi connectivity index (χ0) is 11.0. The fourth-order valence-electron chi connectivity index (χ4n) is 2.81. The molecular formula is C13H17NO2. The first-order chi connectivity index (χ1) is 7.84. The number of nitrogens with zero attached hydrogens (tertiary/aromatic N) is 1. The normalized spacial score (nSPS) is 25.6. The minimum atomic E-state index is 0.466. The highest BCUT2D eigenvalue weighted by atomic mass is 16.5. The third kappa shape index (κ3) is 1.70. The van der Waals surface area contributed by atoms with Crippen LogP contribution in [0.2, 0.25) is 0 Å². The minimum Gasteiger partial charge on any atom is -0.508 e. The van der Waals surface area contributed by atoms with Crippen molar-refractivity contribution in [2.24, 2.45) is 0 Å². The summed E-state index contributed by atoms with van der Waals surface area (Å²) in [5, 5.41) is 9.80. The summed E-state index contributed by atoms with van der Waals surface area (Å²) in [6.07, 6.45) is 2.06. The Kier molecular flexibility index (Phi) is 2.58. The van der Waals surface area contributed by atoms with Crippen molar-refractivity contribution in [1.82, 2.24) is 4.90 Å². The van der Waals surface area contributed by atoms with Crippen LogP contribution in [-0.4, -0.2) is 42.4 Å². The average Bonchev–Trinajstić information content (AvgIpc) is 2.76. The minimum absolute atomic E-state index is 0.466. The quantitative estimate of drug-likeness (QED) is 0.770. The molecule has 1 aliphatic heterocycles. The molecule has 0 radical (unpaired) electrons. The Morgan fingerprint density at radius 3 is 2.75 bits per heavy atom. The third-order valence-electron chi connectivity index (χ3n) is 3.71. The van der Waals surface area contributed by atoms with Gasteiger partial charge in [0.25, 0.3) is 0 Å². The van der Waals surface area contributed by atoms with E-state index < -0.39 is 0 Å². The smallest absolute Gasteiger partial charge is 0.119 e. The number of aromatic hydroxyl groups is 1. The van der Waals surface area contributed by atoms with Crippen molar-refractivity contribution in [1.29, 1.82) is 0 Å². The highest BCUT2D eigenvalue weighted by Gasteiger charge is 2.29. The Morgan fingerprint density at radius 1 is 1.19 bits per heavy atom. The molecule has 1 aromatic carbocycles. The van der Waals surface area contributed by atoms with Crippen molar-refractivity contribution in [3.8, 4) is 5.75 Å². The number of phenols is 1. The van der Waals surface area contributed by atoms with Crippen molar-refractivity contribution >= 4 is 0 Å². The summed E-state index contributed by atoms with van der Waals surface area (Å²) in [4.78, 5) is 2.49. The number of hydrogen-bond acceptors (Lipinski definition) is 3. The van der Waals surface area contributed by atoms with Crippen LogP contribution >= 0.6 is 0 Å². The number of benzene rings is 1. The monoisotopic (exact) mass is 219 g/mol. The van der Waals surface area contributed by atoms with Crippen molar-refractivity contribution < 1.29 is 9.84 Å². The van der Waals surface area contributed by atoms with E-state index in [1.807, 2.05) is 6.07 Å². The number of fused-ring (bicyclic) bond motifs is 1. The molecule has 1 saturated heterocycles. The molecular weight excluding hydrogens is 202 g/mol. The van der Waals surface area contributed by atoms with Crippen LogP contribution in [0.3, 0.4) is 0 Å². The van der Waals surface area contributed by atoms with E-state index in [0.29, 0.717) is 11.8 Å². The molecule has 1 unspecified atom stereocenters. The second-order valence-electron chi connectivity index (χ2n) is 4.63. The van der Waals surface area contributed by atoms with E-state index in [4.69, 9.17) is 4.74 Å². The fraction of sp³-hybridized carbons (Fsp3) is 0.538. The molecule has 0 bridgehead atoms. The van der Waals surface area contributed by atoms with Crippen LogP contribution in [0, 0.1) is 0 Å². The second kappa shape index (κ2) is 4.07. The van der Waals surface area contributed by atoms with E-state index in [1.165, 1.54) is 5.56 Å². The van der Waals surface area contributed by atoms with Gasteiger partial charge in [0, 0.05) is 19.1 Å². The second-order valence-corrected chi connectivity index (χ2v) is 4.63. The van der Waals surface area contributed by atoms with Crippen LogP contribution < -0.4 is 0 Å². The molecule has 3 rings (SSSR count). The van der Waals surface area contributed by atoms with Crippen molar-refractivity contribution in [2.45, 2.75) is 18.9 Å². The van der Waals surface area contributed by atoms with Gasteiger partial charge in [-0.2, -0.15) is 0 Å². The van der Waals surface area contributed by atoms with Gasteiger partial charge < -0.3 is 9.84 Å². The van der Waals surface area contributed by atoms with Gasteiger partial charge in [-0.3, -0.25) is 4.90 Å². The molecule has 0 amide bonds. The lowest BCUT2D eigenvalue weighted by Crippen LogP contribution is -2.43. The molecule has 86 valence electrons. The number of morpholine rings is 1. The first kappa shape index (κ1) is 10.1. The lowest BCUT2D eigenvalue weighted by atomic mass is 10.1. The number of rotatable bonds is 1. The Hall–Kier alpha value is -1.06. The van der Waals surface area contributed by atoms with Gasteiger partial charge in [-0.1, -0.05) is 12.1 Å². The maximum Gasteiger partial charge on any atom is 0.119 e. The van der Waals surface area contributed by atoms with Gasteiger partial charge in [-0.05, 0) is 30.0 Å². The summed E-state index contributed by atoms with van der Waals surface area (Å²) < 4.78 is 5.37. The van der Waals surface area contributed by atoms with Crippen LogP contribution in [0.4, 0.5) is 0 Å². The summed E-state index contributed by atoms with van der Waals surface area (Å²) >= 11 is 0. The lowest BCUT2D eigenvalue weighted by Gasteiger charge is -2.32. The highest BCUT2D eigenvalue weighted by molar-refractivity contribution is 5.43. The molecule has 1 N–H and O–H groups in total. The first-order valence-electron chi connectivity index (χ1n) is 5.96. The Balaban J connectivity index is 1.77. The van der Waals surface area contributed by atoms with Crippen LogP contribution in [-0.2, 0) is 17.6 Å². The molecule has 3 nitrogen and oxygen atoms in total. The molecule has 1 heterocycles. The van der Waals surface area contributed by atoms with Crippen molar-refractivity contribution in [3.63, 3.8) is 0 Å². The van der Waals surface area contributed by atoms with E-state index in [2.05, 4.69) is 11.0 Å². The topological polar surface area (TPSA) is 32.7 Å². The zero-order valence-corrected chi connectivity index (χ0v) is 9.35. The van der Waals surface area contributed by atoms with Gasteiger partial charge in [0.05, 0.1) is 13.2 Å². The van der Waals surface area contributed by atoms with Crippen LogP contribution in [0.15, 0.2) is 18.2 Å². The van der Waals surface area contributed by atoms with Crippen LogP contribution in [0.1, 0.15) is 11.1 Å². The van der Waals surface area contributed by atoms with E-state index in [1.54, 1.807) is 6.07 Å². The highest BCUT2D eigenvalue weighted by Crippen LogP contribution is 2.32. The maximum absolute atomic E-state index is 9.80. The Bertz CT molecular complexity index is 386. The fourth-order valence-corrected chi connectivity index (χ4v) is 2.81. The van der Waals surface area contributed by atoms with Gasteiger partial charge >= 0.3 is 0 Å². The predicted octanol–water partition coefficient (Wildman–Crippen LogP) is 1.19. The maximum atomic E-state index is 9.80. The molecule has 0 saturated carbocycles. The Labute approximate surface area is 95.6 Å². The summed E-state index contributed by atoms with van der Waals surface area (Å²) in [5.74, 6) is 0.466. The van der Waals surface area contributed by atoms with Gasteiger partial charge in [0.2, 0.25) is 0 Å². The molecule has 1 atom stereocenters. The summed E-state index contributed by atoms with van der Waals surface area (Å²) in [6.45, 7) is 3.75. The number of phenolic OH excluding ortho intramolecular Hbond substituents is 1. The van der Waals surface area contributed by atoms with E-state index in [0.717, 1.165) is 44.7 Å².